The summed E-state index contributed by atoms with van der Waals surface area (Å²) in [5.41, 5.74) is 0.639. The van der Waals surface area contributed by atoms with Crippen LogP contribution in [0.2, 0.25) is 0 Å². The maximum absolute atomic E-state index is 13.5. The molecule has 0 saturated heterocycles. The molecule has 21 heavy (non-hydrogen) atoms. The van der Waals surface area contributed by atoms with E-state index in [9.17, 15) is 13.6 Å². The van der Waals surface area contributed by atoms with Crippen LogP contribution < -0.4 is 10.6 Å². The third-order valence-corrected chi connectivity index (χ3v) is 3.22. The van der Waals surface area contributed by atoms with Crippen LogP contribution in [0.3, 0.4) is 0 Å². The first-order valence-electron chi connectivity index (χ1n) is 6.25. The topological polar surface area (TPSA) is 41.1 Å². The van der Waals surface area contributed by atoms with E-state index < -0.39 is 11.6 Å². The molecule has 0 spiro atoms. The molecule has 3 nitrogen and oxygen atoms in total. The summed E-state index contributed by atoms with van der Waals surface area (Å²) in [7, 11) is 0. The normalized spacial score (nSPS) is 10.2. The van der Waals surface area contributed by atoms with E-state index >= 15 is 0 Å². The Morgan fingerprint density at radius 1 is 1.10 bits per heavy atom. The van der Waals surface area contributed by atoms with E-state index in [4.69, 9.17) is 0 Å². The van der Waals surface area contributed by atoms with Crippen molar-refractivity contribution in [3.05, 3.63) is 64.1 Å². The van der Waals surface area contributed by atoms with Gasteiger partial charge in [-0.05, 0) is 17.7 Å². The Balaban J connectivity index is 1.87. The van der Waals surface area contributed by atoms with Gasteiger partial charge in [0, 0.05) is 11.0 Å². The molecule has 0 saturated carbocycles. The third kappa shape index (κ3) is 4.53. The van der Waals surface area contributed by atoms with Crippen LogP contribution in [-0.2, 0) is 11.3 Å². The average Bonchev–Trinajstić information content (AvgIpc) is 2.45. The van der Waals surface area contributed by atoms with Gasteiger partial charge in [-0.25, -0.2) is 8.78 Å². The van der Waals surface area contributed by atoms with Gasteiger partial charge in [0.1, 0.15) is 17.3 Å². The second-order valence-corrected chi connectivity index (χ2v) is 5.28. The first-order chi connectivity index (χ1) is 10.1. The first-order valence-corrected chi connectivity index (χ1v) is 7.04. The molecular weight excluding hydrogens is 342 g/mol. The Morgan fingerprint density at radius 2 is 1.71 bits per heavy atom. The van der Waals surface area contributed by atoms with Crippen LogP contribution in [0.5, 0.6) is 0 Å². The number of anilines is 1. The van der Waals surface area contributed by atoms with Crippen molar-refractivity contribution in [1.82, 2.24) is 5.32 Å². The van der Waals surface area contributed by atoms with Crippen molar-refractivity contribution in [2.45, 2.75) is 6.54 Å². The highest BCUT2D eigenvalue weighted by Crippen LogP contribution is 2.23. The molecule has 2 N–H and O–H groups in total. The minimum Gasteiger partial charge on any atom is -0.371 e. The number of carbonyl (C=O) groups is 1. The summed E-state index contributed by atoms with van der Waals surface area (Å²) in [4.78, 5) is 11.7. The van der Waals surface area contributed by atoms with Gasteiger partial charge in [0.25, 0.3) is 0 Å². The van der Waals surface area contributed by atoms with Gasteiger partial charge < -0.3 is 10.6 Å². The number of carbonyl (C=O) groups excluding carboxylic acids is 1. The zero-order valence-corrected chi connectivity index (χ0v) is 12.6. The number of benzene rings is 2. The second-order valence-electron chi connectivity index (χ2n) is 4.36. The van der Waals surface area contributed by atoms with Crippen LogP contribution in [0.15, 0.2) is 46.9 Å². The van der Waals surface area contributed by atoms with Gasteiger partial charge in [-0.1, -0.05) is 46.3 Å². The molecule has 0 unspecified atom stereocenters. The number of rotatable bonds is 5. The van der Waals surface area contributed by atoms with E-state index in [0.717, 1.165) is 17.7 Å². The maximum atomic E-state index is 13.5. The fraction of sp³-hybridized carbons (Fsp3) is 0.133. The van der Waals surface area contributed by atoms with Crippen LogP contribution in [0.25, 0.3) is 0 Å². The predicted octanol–water partition coefficient (Wildman–Crippen LogP) is 3.46. The second kappa shape index (κ2) is 7.17. The molecule has 0 aliphatic rings. The minimum absolute atomic E-state index is 0.206. The van der Waals surface area contributed by atoms with Crippen LogP contribution in [0.1, 0.15) is 5.56 Å². The lowest BCUT2D eigenvalue weighted by Gasteiger charge is -2.10. The molecule has 0 fully saturated rings. The smallest absolute Gasteiger partial charge is 0.239 e. The molecule has 0 aromatic heterocycles. The van der Waals surface area contributed by atoms with Gasteiger partial charge in [0.05, 0.1) is 6.54 Å². The Bertz CT molecular complexity index is 612. The van der Waals surface area contributed by atoms with Crippen molar-refractivity contribution >= 4 is 27.5 Å². The molecule has 0 radical (unpaired) electrons. The van der Waals surface area contributed by atoms with Crippen molar-refractivity contribution in [3.63, 3.8) is 0 Å². The van der Waals surface area contributed by atoms with Gasteiger partial charge in [0.15, 0.2) is 0 Å². The maximum Gasteiger partial charge on any atom is 0.239 e. The van der Waals surface area contributed by atoms with Crippen molar-refractivity contribution in [2.75, 3.05) is 11.9 Å². The molecule has 2 aromatic carbocycles. The van der Waals surface area contributed by atoms with Gasteiger partial charge in [-0.15, -0.1) is 0 Å². The summed E-state index contributed by atoms with van der Waals surface area (Å²) in [6.45, 7) is 0.162. The van der Waals surface area contributed by atoms with Crippen molar-refractivity contribution in [2.24, 2.45) is 0 Å². The summed E-state index contributed by atoms with van der Waals surface area (Å²) in [5, 5.41) is 5.13. The highest BCUT2D eigenvalue weighted by Gasteiger charge is 2.11. The number of amides is 1. The molecule has 1 amide bonds. The lowest BCUT2D eigenvalue weighted by atomic mass is 10.2. The van der Waals surface area contributed by atoms with Crippen molar-refractivity contribution in [3.8, 4) is 0 Å². The Labute approximate surface area is 129 Å². The lowest BCUT2D eigenvalue weighted by Crippen LogP contribution is -2.29. The van der Waals surface area contributed by atoms with Gasteiger partial charge in [0.2, 0.25) is 5.91 Å². The Hall–Kier alpha value is -1.95. The van der Waals surface area contributed by atoms with E-state index in [0.29, 0.717) is 11.0 Å². The SMILES string of the molecule is O=C(CNc1c(F)cc(Br)cc1F)NCc1ccccc1. The summed E-state index contributed by atoms with van der Waals surface area (Å²) in [6.07, 6.45) is 0. The quantitative estimate of drug-likeness (QED) is 0.863. The molecule has 110 valence electrons. The van der Waals surface area contributed by atoms with E-state index in [1.807, 2.05) is 30.3 Å². The Kier molecular flexibility index (Phi) is 5.27. The predicted molar refractivity (Wildman–Crippen MR) is 80.8 cm³/mol. The monoisotopic (exact) mass is 354 g/mol. The summed E-state index contributed by atoms with van der Waals surface area (Å²) in [5.74, 6) is -1.85. The van der Waals surface area contributed by atoms with E-state index in [2.05, 4.69) is 26.6 Å². The summed E-state index contributed by atoms with van der Waals surface area (Å²) >= 11 is 2.99. The molecule has 0 atom stereocenters. The van der Waals surface area contributed by atoms with Crippen LogP contribution in [0, 0.1) is 11.6 Å². The molecule has 2 aromatic rings. The molecule has 2 rings (SSSR count). The van der Waals surface area contributed by atoms with Gasteiger partial charge >= 0.3 is 0 Å². The molecule has 0 aliphatic carbocycles. The van der Waals surface area contributed by atoms with Gasteiger partial charge in [-0.2, -0.15) is 0 Å². The summed E-state index contributed by atoms with van der Waals surface area (Å²) < 4.78 is 27.4. The van der Waals surface area contributed by atoms with E-state index in [-0.39, 0.29) is 18.1 Å². The van der Waals surface area contributed by atoms with Crippen molar-refractivity contribution < 1.29 is 13.6 Å². The zero-order valence-electron chi connectivity index (χ0n) is 11.0. The summed E-state index contributed by atoms with van der Waals surface area (Å²) in [6, 6.07) is 11.6. The molecule has 6 heteroatoms. The highest BCUT2D eigenvalue weighted by atomic mass is 79.9. The average molecular weight is 355 g/mol. The highest BCUT2D eigenvalue weighted by molar-refractivity contribution is 9.10. The fourth-order valence-electron chi connectivity index (χ4n) is 1.74. The zero-order chi connectivity index (χ0) is 15.2. The number of nitrogens with one attached hydrogen (secondary N) is 2. The van der Waals surface area contributed by atoms with Crippen molar-refractivity contribution in [1.29, 1.82) is 0 Å². The standard InChI is InChI=1S/C15H13BrF2N2O/c16-11-6-12(17)15(13(18)7-11)20-9-14(21)19-8-10-4-2-1-3-5-10/h1-7,20H,8-9H2,(H,19,21). The Morgan fingerprint density at radius 3 is 2.33 bits per heavy atom. The molecule has 0 aliphatic heterocycles. The van der Waals surface area contributed by atoms with Crippen LogP contribution >= 0.6 is 15.9 Å². The molecule has 0 heterocycles. The third-order valence-electron chi connectivity index (χ3n) is 2.77. The van der Waals surface area contributed by atoms with E-state index in [1.165, 1.54) is 0 Å². The fourth-order valence-corrected chi connectivity index (χ4v) is 2.14. The molecule has 0 bridgehead atoms. The minimum atomic E-state index is -0.752. The first kappa shape index (κ1) is 15.4. The number of halogens is 3. The number of hydrogen-bond donors (Lipinski definition) is 2. The lowest BCUT2D eigenvalue weighted by molar-refractivity contribution is -0.119. The molecular formula is C15H13BrF2N2O. The van der Waals surface area contributed by atoms with E-state index in [1.54, 1.807) is 0 Å². The van der Waals surface area contributed by atoms with Crippen LogP contribution in [-0.4, -0.2) is 12.5 Å². The van der Waals surface area contributed by atoms with Crippen LogP contribution in [0.4, 0.5) is 14.5 Å². The number of hydrogen-bond acceptors (Lipinski definition) is 2. The largest absolute Gasteiger partial charge is 0.371 e. The van der Waals surface area contributed by atoms with Gasteiger partial charge in [-0.3, -0.25) is 4.79 Å².